The van der Waals surface area contributed by atoms with Gasteiger partial charge in [-0.15, -0.1) is 0 Å². The van der Waals surface area contributed by atoms with Crippen molar-refractivity contribution in [3.8, 4) is 6.07 Å². The number of nitrogens with zero attached hydrogens (tertiary/aromatic N) is 3. The Labute approximate surface area is 109 Å². The van der Waals surface area contributed by atoms with Crippen LogP contribution in [0, 0.1) is 17.2 Å². The third-order valence-corrected chi connectivity index (χ3v) is 2.68. The molecular formula is C14H22N4. The fourth-order valence-corrected chi connectivity index (χ4v) is 1.81. The van der Waals surface area contributed by atoms with E-state index in [0.717, 1.165) is 24.5 Å². The van der Waals surface area contributed by atoms with Crippen LogP contribution in [-0.2, 0) is 0 Å². The molecule has 0 spiro atoms. The molecule has 0 fully saturated rings. The van der Waals surface area contributed by atoms with Crippen LogP contribution in [0.15, 0.2) is 18.3 Å². The van der Waals surface area contributed by atoms with Crippen molar-refractivity contribution in [1.82, 2.24) is 4.98 Å². The van der Waals surface area contributed by atoms with Crippen LogP contribution in [0.5, 0.6) is 0 Å². The number of hydrogen-bond acceptors (Lipinski definition) is 4. The second-order valence-electron chi connectivity index (χ2n) is 4.98. The number of nitriles is 1. The minimum absolute atomic E-state index is 0.0447. The molecule has 0 saturated heterocycles. The van der Waals surface area contributed by atoms with E-state index in [4.69, 9.17) is 11.0 Å². The van der Waals surface area contributed by atoms with Gasteiger partial charge in [-0.1, -0.05) is 13.8 Å². The van der Waals surface area contributed by atoms with Gasteiger partial charge in [-0.05, 0) is 25.0 Å². The molecule has 0 aliphatic heterocycles. The van der Waals surface area contributed by atoms with Crippen molar-refractivity contribution in [1.29, 1.82) is 5.26 Å². The molecule has 0 aromatic carbocycles. The molecule has 1 heterocycles. The van der Waals surface area contributed by atoms with Crippen molar-refractivity contribution in [3.05, 3.63) is 24.0 Å². The second kappa shape index (κ2) is 6.97. The van der Waals surface area contributed by atoms with E-state index in [-0.39, 0.29) is 6.04 Å². The fourth-order valence-electron chi connectivity index (χ4n) is 1.81. The largest absolute Gasteiger partial charge is 0.369 e. The van der Waals surface area contributed by atoms with E-state index in [9.17, 15) is 0 Å². The van der Waals surface area contributed by atoms with Crippen molar-refractivity contribution in [2.75, 3.05) is 18.0 Å². The molecule has 0 bridgehead atoms. The Morgan fingerprint density at radius 1 is 1.39 bits per heavy atom. The van der Waals surface area contributed by atoms with Gasteiger partial charge in [-0.3, -0.25) is 4.98 Å². The summed E-state index contributed by atoms with van der Waals surface area (Å²) in [6.07, 6.45) is 2.38. The molecule has 98 valence electrons. The molecular weight excluding hydrogens is 224 g/mol. The highest BCUT2D eigenvalue weighted by Gasteiger charge is 2.09. The van der Waals surface area contributed by atoms with Gasteiger partial charge in [0, 0.05) is 19.1 Å². The first-order valence-electron chi connectivity index (χ1n) is 6.38. The number of aromatic nitrogens is 1. The van der Waals surface area contributed by atoms with Gasteiger partial charge in [0.1, 0.15) is 0 Å². The Balaban J connectivity index is 2.81. The van der Waals surface area contributed by atoms with Crippen LogP contribution in [0.4, 0.5) is 5.69 Å². The SMILES string of the molecule is CC(C)CN(CCC#N)c1ccc([C@@H](C)N)nc1. The van der Waals surface area contributed by atoms with Crippen molar-refractivity contribution in [3.63, 3.8) is 0 Å². The van der Waals surface area contributed by atoms with Crippen LogP contribution in [0.2, 0.25) is 0 Å². The lowest BCUT2D eigenvalue weighted by Gasteiger charge is -2.25. The summed E-state index contributed by atoms with van der Waals surface area (Å²) < 4.78 is 0. The molecule has 0 radical (unpaired) electrons. The summed E-state index contributed by atoms with van der Waals surface area (Å²) in [5.41, 5.74) is 7.73. The first-order valence-corrected chi connectivity index (χ1v) is 6.38. The monoisotopic (exact) mass is 246 g/mol. The normalized spacial score (nSPS) is 12.2. The first-order chi connectivity index (χ1) is 8.54. The third-order valence-electron chi connectivity index (χ3n) is 2.68. The molecule has 4 heteroatoms. The zero-order valence-electron chi connectivity index (χ0n) is 11.4. The minimum atomic E-state index is -0.0447. The summed E-state index contributed by atoms with van der Waals surface area (Å²) in [5.74, 6) is 0.553. The van der Waals surface area contributed by atoms with E-state index in [0.29, 0.717) is 12.3 Å². The molecule has 0 saturated carbocycles. The van der Waals surface area contributed by atoms with Crippen molar-refractivity contribution >= 4 is 5.69 Å². The lowest BCUT2D eigenvalue weighted by Crippen LogP contribution is -2.28. The molecule has 0 unspecified atom stereocenters. The van der Waals surface area contributed by atoms with Crippen molar-refractivity contribution in [2.24, 2.45) is 11.7 Å². The topological polar surface area (TPSA) is 65.9 Å². The number of anilines is 1. The molecule has 18 heavy (non-hydrogen) atoms. The van der Waals surface area contributed by atoms with E-state index in [2.05, 4.69) is 29.8 Å². The third kappa shape index (κ3) is 4.34. The smallest absolute Gasteiger partial charge is 0.0640 e. The second-order valence-corrected chi connectivity index (χ2v) is 4.98. The van der Waals surface area contributed by atoms with Gasteiger partial charge < -0.3 is 10.6 Å². The summed E-state index contributed by atoms with van der Waals surface area (Å²) in [4.78, 5) is 6.57. The zero-order valence-corrected chi connectivity index (χ0v) is 11.4. The Bertz CT molecular complexity index is 389. The number of hydrogen-bond donors (Lipinski definition) is 1. The molecule has 1 aromatic rings. The lowest BCUT2D eigenvalue weighted by molar-refractivity contribution is 0.611. The molecule has 1 rings (SSSR count). The van der Waals surface area contributed by atoms with Crippen LogP contribution >= 0.6 is 0 Å². The van der Waals surface area contributed by atoms with Gasteiger partial charge in [0.15, 0.2) is 0 Å². The predicted octanol–water partition coefficient (Wildman–Crippen LogP) is 2.48. The Morgan fingerprint density at radius 2 is 2.11 bits per heavy atom. The van der Waals surface area contributed by atoms with Crippen LogP contribution in [-0.4, -0.2) is 18.1 Å². The van der Waals surface area contributed by atoms with Gasteiger partial charge >= 0.3 is 0 Å². The molecule has 0 aliphatic carbocycles. The van der Waals surface area contributed by atoms with Gasteiger partial charge in [-0.25, -0.2) is 0 Å². The fraction of sp³-hybridized carbons (Fsp3) is 0.571. The van der Waals surface area contributed by atoms with Crippen LogP contribution in [0.3, 0.4) is 0 Å². The van der Waals surface area contributed by atoms with E-state index < -0.39 is 0 Å². The van der Waals surface area contributed by atoms with E-state index in [1.807, 2.05) is 25.3 Å². The first kappa shape index (κ1) is 14.5. The van der Waals surface area contributed by atoms with E-state index in [1.54, 1.807) is 0 Å². The summed E-state index contributed by atoms with van der Waals surface area (Å²) in [6, 6.07) is 6.14. The van der Waals surface area contributed by atoms with Crippen LogP contribution < -0.4 is 10.6 Å². The minimum Gasteiger partial charge on any atom is -0.369 e. The predicted molar refractivity (Wildman–Crippen MR) is 74.1 cm³/mol. The molecule has 0 amide bonds. The lowest BCUT2D eigenvalue weighted by atomic mass is 10.1. The number of rotatable bonds is 6. The van der Waals surface area contributed by atoms with Gasteiger partial charge in [0.05, 0.1) is 30.1 Å². The van der Waals surface area contributed by atoms with Crippen LogP contribution in [0.1, 0.15) is 38.9 Å². The molecule has 1 atom stereocenters. The van der Waals surface area contributed by atoms with E-state index >= 15 is 0 Å². The average molecular weight is 246 g/mol. The highest BCUT2D eigenvalue weighted by Crippen LogP contribution is 2.17. The molecule has 2 N–H and O–H groups in total. The molecule has 0 aliphatic rings. The quantitative estimate of drug-likeness (QED) is 0.837. The summed E-state index contributed by atoms with van der Waals surface area (Å²) in [6.45, 7) is 7.94. The standard InChI is InChI=1S/C14H22N4/c1-11(2)10-18(8-4-7-15)13-5-6-14(12(3)16)17-9-13/h5-6,9,11-12H,4,8,10,16H2,1-3H3/t12-/m1/s1. The highest BCUT2D eigenvalue weighted by molar-refractivity contribution is 5.45. The van der Waals surface area contributed by atoms with Gasteiger partial charge in [-0.2, -0.15) is 5.26 Å². The maximum Gasteiger partial charge on any atom is 0.0640 e. The maximum atomic E-state index is 8.70. The average Bonchev–Trinajstić information content (AvgIpc) is 2.34. The summed E-state index contributed by atoms with van der Waals surface area (Å²) >= 11 is 0. The number of nitrogens with two attached hydrogens (primary N) is 1. The van der Waals surface area contributed by atoms with Gasteiger partial charge in [0.25, 0.3) is 0 Å². The maximum absolute atomic E-state index is 8.70. The van der Waals surface area contributed by atoms with Gasteiger partial charge in [0.2, 0.25) is 0 Å². The highest BCUT2D eigenvalue weighted by atomic mass is 15.1. The Kier molecular flexibility index (Phi) is 5.60. The number of pyridine rings is 1. The zero-order chi connectivity index (χ0) is 13.5. The Hall–Kier alpha value is -1.60. The summed E-state index contributed by atoms with van der Waals surface area (Å²) in [7, 11) is 0. The molecule has 4 nitrogen and oxygen atoms in total. The van der Waals surface area contributed by atoms with Crippen molar-refractivity contribution < 1.29 is 0 Å². The van der Waals surface area contributed by atoms with Crippen molar-refractivity contribution in [2.45, 2.75) is 33.2 Å². The van der Waals surface area contributed by atoms with E-state index in [1.165, 1.54) is 0 Å². The van der Waals surface area contributed by atoms with Crippen LogP contribution in [0.25, 0.3) is 0 Å². The summed E-state index contributed by atoms with van der Waals surface area (Å²) in [5, 5.41) is 8.70. The molecule has 1 aromatic heterocycles. The Morgan fingerprint density at radius 3 is 2.56 bits per heavy atom.